The van der Waals surface area contributed by atoms with Crippen molar-refractivity contribution in [2.75, 3.05) is 11.5 Å². The van der Waals surface area contributed by atoms with Crippen LogP contribution in [0.5, 0.6) is 5.75 Å². The second-order valence-corrected chi connectivity index (χ2v) is 10.0. The fourth-order valence-electron chi connectivity index (χ4n) is 4.63. The van der Waals surface area contributed by atoms with Crippen molar-refractivity contribution in [1.29, 1.82) is 0 Å². The minimum Gasteiger partial charge on any atom is -0.454 e. The van der Waals surface area contributed by atoms with Gasteiger partial charge in [0.2, 0.25) is 11.8 Å². The molecule has 8 nitrogen and oxygen atoms in total. The van der Waals surface area contributed by atoms with Crippen LogP contribution < -0.4 is 9.64 Å². The molecule has 2 atom stereocenters. The zero-order valence-corrected chi connectivity index (χ0v) is 22.1. The van der Waals surface area contributed by atoms with Crippen molar-refractivity contribution >= 4 is 51.2 Å². The highest BCUT2D eigenvalue weighted by atomic mass is 79.9. The summed E-state index contributed by atoms with van der Waals surface area (Å²) in [4.78, 5) is 64.9. The van der Waals surface area contributed by atoms with Crippen molar-refractivity contribution in [3.63, 3.8) is 0 Å². The molecule has 0 radical (unpaired) electrons. The van der Waals surface area contributed by atoms with Gasteiger partial charge in [-0.1, -0.05) is 40.2 Å². The van der Waals surface area contributed by atoms with E-state index in [0.717, 1.165) is 9.37 Å². The number of ketones is 1. The molecule has 3 aromatic rings. The first kappa shape index (κ1) is 26.2. The number of fused-ring (bicyclic) bond motifs is 1. The van der Waals surface area contributed by atoms with Gasteiger partial charge in [-0.25, -0.2) is 14.5 Å². The third-order valence-corrected chi connectivity index (χ3v) is 7.20. The lowest BCUT2D eigenvalue weighted by atomic mass is 9.85. The number of hydrogen-bond acceptors (Lipinski definition) is 7. The second kappa shape index (κ2) is 11.2. The molecule has 1 heterocycles. The molecule has 1 aliphatic heterocycles. The molecule has 1 fully saturated rings. The van der Waals surface area contributed by atoms with E-state index in [1.165, 1.54) is 36.4 Å². The van der Waals surface area contributed by atoms with Crippen molar-refractivity contribution < 1.29 is 33.4 Å². The normalized spacial score (nSPS) is 18.0. The van der Waals surface area contributed by atoms with E-state index in [2.05, 4.69) is 15.9 Å². The number of ether oxygens (including phenoxy) is 2. The molecule has 0 saturated carbocycles. The van der Waals surface area contributed by atoms with E-state index in [9.17, 15) is 24.0 Å². The van der Waals surface area contributed by atoms with Crippen LogP contribution in [0.3, 0.4) is 0 Å². The van der Waals surface area contributed by atoms with Crippen molar-refractivity contribution in [1.82, 2.24) is 0 Å². The minimum absolute atomic E-state index is 0.0220. The maximum atomic E-state index is 13.0. The maximum Gasteiger partial charge on any atom is 0.343 e. The molecule has 0 spiro atoms. The van der Waals surface area contributed by atoms with Crippen molar-refractivity contribution in [2.24, 2.45) is 11.8 Å². The van der Waals surface area contributed by atoms with E-state index in [0.29, 0.717) is 18.4 Å². The summed E-state index contributed by atoms with van der Waals surface area (Å²) in [5.74, 6) is -3.15. The van der Waals surface area contributed by atoms with Crippen LogP contribution in [-0.2, 0) is 14.3 Å². The molecule has 1 aliphatic carbocycles. The summed E-state index contributed by atoms with van der Waals surface area (Å²) in [6, 6.07) is 18.8. The van der Waals surface area contributed by atoms with Crippen molar-refractivity contribution in [3.8, 4) is 5.75 Å². The number of Topliss-reactive ketones (excluding diaryl/α,β-unsaturated/α-hetero) is 1. The number of carbonyl (C=O) groups is 5. The molecule has 9 heteroatoms. The smallest absolute Gasteiger partial charge is 0.343 e. The average molecular weight is 588 g/mol. The second-order valence-electron chi connectivity index (χ2n) is 9.10. The fraction of sp³-hybridized carbons (Fsp3) is 0.167. The first-order chi connectivity index (χ1) is 18.8. The van der Waals surface area contributed by atoms with Crippen LogP contribution in [-0.4, -0.2) is 36.1 Å². The number of carbonyl (C=O) groups excluding carboxylic acids is 5. The van der Waals surface area contributed by atoms with Crippen molar-refractivity contribution in [2.45, 2.75) is 12.8 Å². The van der Waals surface area contributed by atoms with Gasteiger partial charge >= 0.3 is 11.9 Å². The first-order valence-corrected chi connectivity index (χ1v) is 13.0. The lowest BCUT2D eigenvalue weighted by molar-refractivity contribution is -0.122. The number of nitrogens with zero attached hydrogens (tertiary/aromatic N) is 1. The zero-order chi connectivity index (χ0) is 27.5. The third kappa shape index (κ3) is 5.44. The van der Waals surface area contributed by atoms with Crippen LogP contribution in [0.25, 0.3) is 0 Å². The molecule has 196 valence electrons. The molecule has 2 amide bonds. The van der Waals surface area contributed by atoms with Gasteiger partial charge in [0.05, 0.1) is 28.7 Å². The summed E-state index contributed by atoms with van der Waals surface area (Å²) in [5.41, 5.74) is 0.796. The Bertz CT molecular complexity index is 1470. The largest absolute Gasteiger partial charge is 0.454 e. The minimum atomic E-state index is -0.826. The Labute approximate surface area is 232 Å². The van der Waals surface area contributed by atoms with Gasteiger partial charge in [0.1, 0.15) is 5.75 Å². The van der Waals surface area contributed by atoms with E-state index in [1.807, 2.05) is 12.2 Å². The van der Waals surface area contributed by atoms with Gasteiger partial charge in [-0.15, -0.1) is 0 Å². The Hall–Kier alpha value is -4.37. The van der Waals surface area contributed by atoms with E-state index < -0.39 is 36.2 Å². The molecule has 3 aromatic carbocycles. The molecule has 2 aliphatic rings. The molecule has 2 unspecified atom stereocenters. The highest BCUT2D eigenvalue weighted by molar-refractivity contribution is 9.10. The van der Waals surface area contributed by atoms with Crippen LogP contribution in [0.1, 0.15) is 43.9 Å². The highest BCUT2D eigenvalue weighted by Gasteiger charge is 2.48. The fourth-order valence-corrected chi connectivity index (χ4v) is 4.90. The molecule has 39 heavy (non-hydrogen) atoms. The number of anilines is 1. The Morgan fingerprint density at radius 3 is 2.00 bits per heavy atom. The number of imide groups is 1. The van der Waals surface area contributed by atoms with E-state index in [-0.39, 0.29) is 34.4 Å². The standard InChI is InChI=1S/C30H22BrNO7/c31-20-13-9-19(10-14-20)29(36)39-21-15-11-18(12-16-21)26(33)17-38-30(37)24-7-3-4-8-25(24)32-27(34)22-5-1-2-6-23(22)28(32)35/h1-4,7-16,22-23H,5-6,17H2. The van der Waals surface area contributed by atoms with Gasteiger partial charge in [0.15, 0.2) is 12.4 Å². The first-order valence-electron chi connectivity index (χ1n) is 12.2. The SMILES string of the molecule is O=C(COC(=O)c1ccccc1N1C(=O)C2CC=CCC2C1=O)c1ccc(OC(=O)c2ccc(Br)cc2)cc1. The van der Waals surface area contributed by atoms with Gasteiger partial charge in [-0.3, -0.25) is 14.4 Å². The zero-order valence-electron chi connectivity index (χ0n) is 20.5. The molecule has 0 aromatic heterocycles. The van der Waals surface area contributed by atoms with E-state index in [1.54, 1.807) is 36.4 Å². The van der Waals surface area contributed by atoms with Gasteiger partial charge < -0.3 is 9.47 Å². The van der Waals surface area contributed by atoms with Crippen LogP contribution in [0.4, 0.5) is 5.69 Å². The Morgan fingerprint density at radius 1 is 0.769 bits per heavy atom. The van der Waals surface area contributed by atoms with Gasteiger partial charge in [-0.2, -0.15) is 0 Å². The third-order valence-electron chi connectivity index (χ3n) is 6.67. The summed E-state index contributed by atoms with van der Waals surface area (Å²) in [7, 11) is 0. The number of amides is 2. The number of halogens is 1. The summed E-state index contributed by atoms with van der Waals surface area (Å²) in [6.45, 7) is -0.553. The molecular weight excluding hydrogens is 566 g/mol. The number of para-hydroxylation sites is 1. The predicted molar refractivity (Wildman–Crippen MR) is 144 cm³/mol. The summed E-state index contributed by atoms with van der Waals surface area (Å²) < 4.78 is 11.4. The van der Waals surface area contributed by atoms with Crippen LogP contribution in [0.15, 0.2) is 89.4 Å². The molecule has 5 rings (SSSR count). The Kier molecular flexibility index (Phi) is 7.51. The van der Waals surface area contributed by atoms with E-state index >= 15 is 0 Å². The monoisotopic (exact) mass is 587 g/mol. The van der Waals surface area contributed by atoms with Gasteiger partial charge in [0, 0.05) is 10.0 Å². The number of benzene rings is 3. The van der Waals surface area contributed by atoms with E-state index in [4.69, 9.17) is 9.47 Å². The lowest BCUT2D eigenvalue weighted by Crippen LogP contribution is -2.32. The average Bonchev–Trinajstić information content (AvgIpc) is 3.21. The van der Waals surface area contributed by atoms with Gasteiger partial charge in [-0.05, 0) is 73.5 Å². The summed E-state index contributed by atoms with van der Waals surface area (Å²) in [5, 5.41) is 0. The topological polar surface area (TPSA) is 107 Å². The predicted octanol–water partition coefficient (Wildman–Crippen LogP) is 5.16. The summed E-state index contributed by atoms with van der Waals surface area (Å²) >= 11 is 3.31. The molecule has 1 saturated heterocycles. The highest BCUT2D eigenvalue weighted by Crippen LogP contribution is 2.38. The van der Waals surface area contributed by atoms with Crippen LogP contribution in [0.2, 0.25) is 0 Å². The number of allylic oxidation sites excluding steroid dienone is 2. The van der Waals surface area contributed by atoms with Crippen LogP contribution >= 0.6 is 15.9 Å². The Balaban J connectivity index is 1.22. The maximum absolute atomic E-state index is 13.0. The van der Waals surface area contributed by atoms with Crippen molar-refractivity contribution in [3.05, 3.63) is 106 Å². The quantitative estimate of drug-likeness (QED) is 0.123. The van der Waals surface area contributed by atoms with Gasteiger partial charge in [0.25, 0.3) is 0 Å². The Morgan fingerprint density at radius 2 is 1.36 bits per heavy atom. The number of rotatable bonds is 7. The van der Waals surface area contributed by atoms with Crippen LogP contribution in [0, 0.1) is 11.8 Å². The molecule has 0 bridgehead atoms. The summed E-state index contributed by atoms with van der Waals surface area (Å²) in [6.07, 6.45) is 4.74. The number of esters is 2. The molecular formula is C30H22BrNO7. The lowest BCUT2D eigenvalue weighted by Gasteiger charge is -2.18. The molecule has 0 N–H and O–H groups in total. The number of hydrogen-bond donors (Lipinski definition) is 0.